The number of amides is 2. The van der Waals surface area contributed by atoms with Crippen LogP contribution in [0.3, 0.4) is 0 Å². The third-order valence-electron chi connectivity index (χ3n) is 4.39. The number of hydrogen-bond acceptors (Lipinski definition) is 3. The molecule has 2 amide bonds. The van der Waals surface area contributed by atoms with Crippen molar-refractivity contribution in [3.8, 4) is 0 Å². The highest BCUT2D eigenvalue weighted by molar-refractivity contribution is 6.30. The molecule has 0 aliphatic carbocycles. The monoisotopic (exact) mass is 441 g/mol. The summed E-state index contributed by atoms with van der Waals surface area (Å²) in [6, 6.07) is 11.3. The van der Waals surface area contributed by atoms with Gasteiger partial charge < -0.3 is 10.6 Å². The van der Waals surface area contributed by atoms with Crippen molar-refractivity contribution in [3.63, 3.8) is 0 Å². The van der Waals surface area contributed by atoms with Gasteiger partial charge in [0.2, 0.25) is 11.8 Å². The summed E-state index contributed by atoms with van der Waals surface area (Å²) in [6.45, 7) is 3.71. The highest BCUT2D eigenvalue weighted by atomic mass is 35.5. The van der Waals surface area contributed by atoms with E-state index < -0.39 is 23.7 Å². The maximum Gasteiger partial charge on any atom is 0.418 e. The molecule has 30 heavy (non-hydrogen) atoms. The van der Waals surface area contributed by atoms with Crippen molar-refractivity contribution in [1.29, 1.82) is 0 Å². The number of alkyl halides is 3. The molecule has 0 spiro atoms. The molecule has 0 aliphatic heterocycles. The highest BCUT2D eigenvalue weighted by Crippen LogP contribution is 2.36. The Labute approximate surface area is 178 Å². The lowest BCUT2D eigenvalue weighted by Crippen LogP contribution is -2.46. The van der Waals surface area contributed by atoms with E-state index in [9.17, 15) is 22.8 Å². The molecule has 0 bridgehead atoms. The van der Waals surface area contributed by atoms with E-state index in [0.717, 1.165) is 12.1 Å². The minimum atomic E-state index is -4.67. The number of halogens is 4. The molecule has 9 heteroatoms. The number of hydrogen-bond donors (Lipinski definition) is 2. The SMILES string of the molecule is CCCN(CC(=O)Nc1ccc(Cl)cc1C(F)(F)F)C(C)C(=O)Nc1ccccc1. The van der Waals surface area contributed by atoms with Crippen LogP contribution in [0.1, 0.15) is 25.8 Å². The van der Waals surface area contributed by atoms with Gasteiger partial charge in [0.15, 0.2) is 0 Å². The van der Waals surface area contributed by atoms with Gasteiger partial charge in [0, 0.05) is 10.7 Å². The number of nitrogens with zero attached hydrogens (tertiary/aromatic N) is 1. The lowest BCUT2D eigenvalue weighted by Gasteiger charge is -2.27. The molecule has 0 saturated heterocycles. The van der Waals surface area contributed by atoms with Crippen molar-refractivity contribution in [3.05, 3.63) is 59.1 Å². The lowest BCUT2D eigenvalue weighted by atomic mass is 10.1. The normalized spacial score (nSPS) is 12.5. The Kier molecular flexibility index (Phi) is 8.25. The summed E-state index contributed by atoms with van der Waals surface area (Å²) in [4.78, 5) is 26.6. The van der Waals surface area contributed by atoms with Crippen molar-refractivity contribution in [2.24, 2.45) is 0 Å². The quantitative estimate of drug-likeness (QED) is 0.603. The Morgan fingerprint density at radius 2 is 1.77 bits per heavy atom. The first-order chi connectivity index (χ1) is 14.1. The molecule has 162 valence electrons. The third-order valence-corrected chi connectivity index (χ3v) is 4.62. The first kappa shape index (κ1) is 23.7. The van der Waals surface area contributed by atoms with Crippen LogP contribution in [-0.4, -0.2) is 35.8 Å². The number of anilines is 2. The van der Waals surface area contributed by atoms with Crippen LogP contribution in [-0.2, 0) is 15.8 Å². The minimum Gasteiger partial charge on any atom is -0.325 e. The predicted octanol–water partition coefficient (Wildman–Crippen LogP) is 5.04. The van der Waals surface area contributed by atoms with Gasteiger partial charge in [-0.15, -0.1) is 0 Å². The van der Waals surface area contributed by atoms with Gasteiger partial charge in [-0.25, -0.2) is 0 Å². The number of carbonyl (C=O) groups is 2. The van der Waals surface area contributed by atoms with Crippen molar-refractivity contribution >= 4 is 34.8 Å². The summed E-state index contributed by atoms with van der Waals surface area (Å²) in [6.07, 6.45) is -4.01. The van der Waals surface area contributed by atoms with Crippen LogP contribution in [0.4, 0.5) is 24.5 Å². The molecular formula is C21H23ClF3N3O2. The third kappa shape index (κ3) is 6.74. The predicted molar refractivity (Wildman–Crippen MR) is 111 cm³/mol. The van der Waals surface area contributed by atoms with Crippen LogP contribution in [0.2, 0.25) is 5.02 Å². The van der Waals surface area contributed by atoms with Gasteiger partial charge in [-0.05, 0) is 50.2 Å². The van der Waals surface area contributed by atoms with Crippen LogP contribution in [0.5, 0.6) is 0 Å². The Morgan fingerprint density at radius 3 is 2.37 bits per heavy atom. The fourth-order valence-corrected chi connectivity index (χ4v) is 3.04. The smallest absolute Gasteiger partial charge is 0.325 e. The van der Waals surface area contributed by atoms with Crippen LogP contribution in [0.15, 0.2) is 48.5 Å². The summed E-state index contributed by atoms with van der Waals surface area (Å²) in [5.41, 5.74) is -0.791. The number of nitrogens with one attached hydrogen (secondary N) is 2. The molecule has 5 nitrogen and oxygen atoms in total. The van der Waals surface area contributed by atoms with E-state index in [-0.39, 0.29) is 23.2 Å². The molecule has 0 aliphatic rings. The van der Waals surface area contributed by atoms with Gasteiger partial charge in [-0.3, -0.25) is 14.5 Å². The first-order valence-corrected chi connectivity index (χ1v) is 9.76. The van der Waals surface area contributed by atoms with E-state index in [1.165, 1.54) is 6.07 Å². The molecule has 2 aromatic carbocycles. The van der Waals surface area contributed by atoms with Gasteiger partial charge >= 0.3 is 6.18 Å². The van der Waals surface area contributed by atoms with E-state index in [4.69, 9.17) is 11.6 Å². The molecule has 1 atom stereocenters. The van der Waals surface area contributed by atoms with Crippen molar-refractivity contribution < 1.29 is 22.8 Å². The number of benzene rings is 2. The molecule has 0 radical (unpaired) electrons. The second kappa shape index (κ2) is 10.4. The molecule has 0 heterocycles. The Bertz CT molecular complexity index is 876. The second-order valence-electron chi connectivity index (χ2n) is 6.74. The van der Waals surface area contributed by atoms with Crippen LogP contribution < -0.4 is 10.6 Å². The van der Waals surface area contributed by atoms with E-state index in [0.29, 0.717) is 18.7 Å². The Balaban J connectivity index is 2.09. The molecule has 2 N–H and O–H groups in total. The Hall–Kier alpha value is -2.58. The maximum absolute atomic E-state index is 13.2. The molecular weight excluding hydrogens is 419 g/mol. The van der Waals surface area contributed by atoms with E-state index in [1.807, 2.05) is 13.0 Å². The van der Waals surface area contributed by atoms with Gasteiger partial charge in [-0.1, -0.05) is 36.7 Å². The summed E-state index contributed by atoms with van der Waals surface area (Å²) >= 11 is 5.66. The zero-order valence-corrected chi connectivity index (χ0v) is 17.3. The van der Waals surface area contributed by atoms with Crippen molar-refractivity contribution in [2.75, 3.05) is 23.7 Å². The minimum absolute atomic E-state index is 0.0841. The van der Waals surface area contributed by atoms with E-state index >= 15 is 0 Å². The van der Waals surface area contributed by atoms with Gasteiger partial charge in [0.25, 0.3) is 0 Å². The average molecular weight is 442 g/mol. The zero-order chi connectivity index (χ0) is 22.3. The number of rotatable bonds is 8. The average Bonchev–Trinajstić information content (AvgIpc) is 2.68. The zero-order valence-electron chi connectivity index (χ0n) is 16.6. The summed E-state index contributed by atoms with van der Waals surface area (Å²) < 4.78 is 39.7. The van der Waals surface area contributed by atoms with Gasteiger partial charge in [0.1, 0.15) is 0 Å². The summed E-state index contributed by atoms with van der Waals surface area (Å²) in [7, 11) is 0. The van der Waals surface area contributed by atoms with Crippen LogP contribution in [0, 0.1) is 0 Å². The fourth-order valence-electron chi connectivity index (χ4n) is 2.87. The lowest BCUT2D eigenvalue weighted by molar-refractivity contribution is -0.137. The summed E-state index contributed by atoms with van der Waals surface area (Å²) in [5.74, 6) is -0.972. The van der Waals surface area contributed by atoms with Crippen LogP contribution >= 0.6 is 11.6 Å². The second-order valence-corrected chi connectivity index (χ2v) is 7.17. The van der Waals surface area contributed by atoms with Gasteiger partial charge in [-0.2, -0.15) is 13.2 Å². The summed E-state index contributed by atoms with van der Waals surface area (Å²) in [5, 5.41) is 4.96. The van der Waals surface area contributed by atoms with Crippen molar-refractivity contribution in [1.82, 2.24) is 4.90 Å². The number of carbonyl (C=O) groups excluding carboxylic acids is 2. The maximum atomic E-state index is 13.2. The molecule has 2 aromatic rings. The molecule has 2 rings (SSSR count). The van der Waals surface area contributed by atoms with E-state index in [2.05, 4.69) is 10.6 Å². The van der Waals surface area contributed by atoms with E-state index in [1.54, 1.807) is 36.1 Å². The molecule has 0 fully saturated rings. The molecule has 0 aromatic heterocycles. The Morgan fingerprint density at radius 1 is 1.10 bits per heavy atom. The molecule has 0 saturated carbocycles. The first-order valence-electron chi connectivity index (χ1n) is 9.38. The topological polar surface area (TPSA) is 61.4 Å². The van der Waals surface area contributed by atoms with Crippen LogP contribution in [0.25, 0.3) is 0 Å². The van der Waals surface area contributed by atoms with Gasteiger partial charge in [0.05, 0.1) is 23.8 Å². The fraction of sp³-hybridized carbons (Fsp3) is 0.333. The largest absolute Gasteiger partial charge is 0.418 e. The molecule has 1 unspecified atom stereocenters. The standard InChI is InChI=1S/C21H23ClF3N3O2/c1-3-11-28(14(2)20(30)26-16-7-5-4-6-8-16)13-19(29)27-18-10-9-15(22)12-17(18)21(23,24)25/h4-10,12,14H,3,11,13H2,1-2H3,(H,26,30)(H,27,29). The number of para-hydroxylation sites is 1. The highest BCUT2D eigenvalue weighted by Gasteiger charge is 2.34. The van der Waals surface area contributed by atoms with Crippen molar-refractivity contribution in [2.45, 2.75) is 32.5 Å².